The molecule has 0 radical (unpaired) electrons. The molecule has 0 saturated carbocycles. The van der Waals surface area contributed by atoms with E-state index in [4.69, 9.17) is 0 Å². The summed E-state index contributed by atoms with van der Waals surface area (Å²) in [4.78, 5) is 21.4. The summed E-state index contributed by atoms with van der Waals surface area (Å²) in [6, 6.07) is 14.6. The van der Waals surface area contributed by atoms with E-state index in [1.54, 1.807) is 0 Å². The van der Waals surface area contributed by atoms with Crippen molar-refractivity contribution in [1.29, 1.82) is 0 Å². The lowest BCUT2D eigenvalue weighted by Crippen LogP contribution is -2.49. The number of hydrogen-bond donors (Lipinski definition) is 0. The molecule has 2 aromatic rings. The number of anilines is 1. The van der Waals surface area contributed by atoms with Crippen LogP contribution in [-0.2, 0) is 11.2 Å². The highest BCUT2D eigenvalue weighted by molar-refractivity contribution is 5.77. The summed E-state index contributed by atoms with van der Waals surface area (Å²) in [5.74, 6) is 1.72. The van der Waals surface area contributed by atoms with Crippen molar-refractivity contribution in [2.75, 3.05) is 31.1 Å². The molecular weight excluding hydrogens is 298 g/mol. The van der Waals surface area contributed by atoms with Crippen molar-refractivity contribution in [2.45, 2.75) is 25.2 Å². The summed E-state index contributed by atoms with van der Waals surface area (Å²) in [6.45, 7) is 3.32. The molecule has 1 saturated heterocycles. The molecule has 4 heteroatoms. The maximum atomic E-state index is 12.7. The predicted molar refractivity (Wildman–Crippen MR) is 95.2 cm³/mol. The second-order valence-corrected chi connectivity index (χ2v) is 6.69. The number of carbonyl (C=O) groups is 1. The number of nitrogens with zero attached hydrogens (tertiary/aromatic N) is 3. The lowest BCUT2D eigenvalue weighted by atomic mass is 9.97. The normalized spacial score (nSPS) is 20.1. The Bertz CT molecular complexity index is 708. The van der Waals surface area contributed by atoms with Crippen LogP contribution >= 0.6 is 0 Å². The van der Waals surface area contributed by atoms with E-state index >= 15 is 0 Å². The van der Waals surface area contributed by atoms with Gasteiger partial charge < -0.3 is 9.80 Å². The number of aromatic nitrogens is 1. The fourth-order valence-corrected chi connectivity index (χ4v) is 3.92. The highest BCUT2D eigenvalue weighted by atomic mass is 16.2. The molecule has 4 nitrogen and oxygen atoms in total. The molecular formula is C20H23N3O. The molecule has 1 aliphatic carbocycles. The third-order valence-corrected chi connectivity index (χ3v) is 5.28. The fraction of sp³-hybridized carbons (Fsp3) is 0.400. The third kappa shape index (κ3) is 3.01. The highest BCUT2D eigenvalue weighted by Gasteiger charge is 2.28. The minimum absolute atomic E-state index is 0.303. The summed E-state index contributed by atoms with van der Waals surface area (Å²) in [5, 5.41) is 0. The molecule has 24 heavy (non-hydrogen) atoms. The smallest absolute Gasteiger partial charge is 0.223 e. The van der Waals surface area contributed by atoms with Crippen LogP contribution in [0, 0.1) is 0 Å². The van der Waals surface area contributed by atoms with Gasteiger partial charge in [-0.3, -0.25) is 4.79 Å². The maximum absolute atomic E-state index is 12.7. The van der Waals surface area contributed by atoms with Crippen molar-refractivity contribution < 1.29 is 4.79 Å². The van der Waals surface area contributed by atoms with Crippen LogP contribution in [0.2, 0.25) is 0 Å². The number of aryl methyl sites for hydroxylation is 1. The Labute approximate surface area is 143 Å². The van der Waals surface area contributed by atoms with E-state index in [2.05, 4.69) is 34.1 Å². The van der Waals surface area contributed by atoms with Crippen LogP contribution in [0.25, 0.3) is 0 Å². The van der Waals surface area contributed by atoms with Gasteiger partial charge in [0.1, 0.15) is 5.82 Å². The van der Waals surface area contributed by atoms with Crippen molar-refractivity contribution in [3.05, 3.63) is 59.8 Å². The summed E-state index contributed by atoms with van der Waals surface area (Å²) in [5.41, 5.74) is 2.81. The number of carbonyl (C=O) groups excluding carboxylic acids is 1. The van der Waals surface area contributed by atoms with Gasteiger partial charge in [0.05, 0.1) is 0 Å². The highest BCUT2D eigenvalue weighted by Crippen LogP contribution is 2.35. The van der Waals surface area contributed by atoms with Gasteiger partial charge in [0.15, 0.2) is 0 Å². The fourth-order valence-electron chi connectivity index (χ4n) is 3.92. The Hall–Kier alpha value is -2.36. The molecule has 1 fully saturated rings. The van der Waals surface area contributed by atoms with Crippen LogP contribution in [0.15, 0.2) is 48.7 Å². The lowest BCUT2D eigenvalue weighted by Gasteiger charge is -2.35. The van der Waals surface area contributed by atoms with Crippen molar-refractivity contribution >= 4 is 11.7 Å². The molecule has 2 aliphatic rings. The van der Waals surface area contributed by atoms with Crippen LogP contribution in [0.1, 0.15) is 29.9 Å². The Kier molecular flexibility index (Phi) is 4.20. The predicted octanol–water partition coefficient (Wildman–Crippen LogP) is 2.85. The second-order valence-electron chi connectivity index (χ2n) is 6.69. The van der Waals surface area contributed by atoms with E-state index in [1.165, 1.54) is 11.1 Å². The zero-order chi connectivity index (χ0) is 16.4. The van der Waals surface area contributed by atoms with E-state index in [9.17, 15) is 4.79 Å². The molecule has 124 valence electrons. The topological polar surface area (TPSA) is 36.4 Å². The quantitative estimate of drug-likeness (QED) is 0.872. The summed E-state index contributed by atoms with van der Waals surface area (Å²) >= 11 is 0. The van der Waals surface area contributed by atoms with Crippen LogP contribution in [0.5, 0.6) is 0 Å². The summed E-state index contributed by atoms with van der Waals surface area (Å²) in [6.07, 6.45) is 4.70. The molecule has 0 spiro atoms. The first-order valence-electron chi connectivity index (χ1n) is 8.83. The van der Waals surface area contributed by atoms with Crippen LogP contribution in [-0.4, -0.2) is 42.0 Å². The van der Waals surface area contributed by atoms with Crippen molar-refractivity contribution in [3.8, 4) is 0 Å². The van der Waals surface area contributed by atoms with Gasteiger partial charge in [-0.25, -0.2) is 4.98 Å². The molecule has 1 atom stereocenters. The number of benzene rings is 1. The number of pyridine rings is 1. The second kappa shape index (κ2) is 6.63. The standard InChI is InChI=1S/C20H23N3O/c24-20(15-17-9-8-16-5-1-2-6-18(16)17)23-13-11-22(12-14-23)19-7-3-4-10-21-19/h1-7,10,17H,8-9,11-15H2/t17-/m1/s1. The van der Waals surface area contributed by atoms with E-state index in [1.807, 2.05) is 29.3 Å². The largest absolute Gasteiger partial charge is 0.353 e. The number of piperazine rings is 1. The van der Waals surface area contributed by atoms with E-state index in [0.29, 0.717) is 18.2 Å². The molecule has 0 bridgehead atoms. The van der Waals surface area contributed by atoms with Crippen molar-refractivity contribution in [3.63, 3.8) is 0 Å². The number of rotatable bonds is 3. The Morgan fingerprint density at radius 3 is 2.62 bits per heavy atom. The van der Waals surface area contributed by atoms with Crippen molar-refractivity contribution in [2.24, 2.45) is 0 Å². The first kappa shape index (κ1) is 15.2. The SMILES string of the molecule is O=C(C[C@H]1CCc2ccccc21)N1CCN(c2ccccn2)CC1. The average molecular weight is 321 g/mol. The molecule has 0 N–H and O–H groups in total. The number of fused-ring (bicyclic) bond motifs is 1. The molecule has 1 amide bonds. The minimum atomic E-state index is 0.303. The Morgan fingerprint density at radius 1 is 1.04 bits per heavy atom. The third-order valence-electron chi connectivity index (χ3n) is 5.28. The zero-order valence-electron chi connectivity index (χ0n) is 13.9. The van der Waals surface area contributed by atoms with Crippen LogP contribution in [0.4, 0.5) is 5.82 Å². The molecule has 2 heterocycles. The zero-order valence-corrected chi connectivity index (χ0v) is 13.9. The van der Waals surface area contributed by atoms with Crippen molar-refractivity contribution in [1.82, 2.24) is 9.88 Å². The molecule has 1 aromatic heterocycles. The van der Waals surface area contributed by atoms with Crippen LogP contribution < -0.4 is 4.90 Å². The molecule has 1 aliphatic heterocycles. The Morgan fingerprint density at radius 2 is 1.83 bits per heavy atom. The molecule has 1 aromatic carbocycles. The minimum Gasteiger partial charge on any atom is -0.353 e. The van der Waals surface area contributed by atoms with Gasteiger partial charge in [-0.15, -0.1) is 0 Å². The van der Waals surface area contributed by atoms with Gasteiger partial charge in [-0.05, 0) is 42.0 Å². The average Bonchev–Trinajstić information content (AvgIpc) is 3.06. The van der Waals surface area contributed by atoms with Gasteiger partial charge in [-0.2, -0.15) is 0 Å². The van der Waals surface area contributed by atoms with E-state index in [0.717, 1.165) is 44.8 Å². The molecule has 4 rings (SSSR count). The summed E-state index contributed by atoms with van der Waals surface area (Å²) < 4.78 is 0. The number of hydrogen-bond acceptors (Lipinski definition) is 3. The first-order chi connectivity index (χ1) is 11.8. The first-order valence-corrected chi connectivity index (χ1v) is 8.83. The van der Waals surface area contributed by atoms with Gasteiger partial charge in [0.2, 0.25) is 5.91 Å². The monoisotopic (exact) mass is 321 g/mol. The van der Waals surface area contributed by atoms with Gasteiger partial charge in [-0.1, -0.05) is 30.3 Å². The summed E-state index contributed by atoms with van der Waals surface area (Å²) in [7, 11) is 0. The van der Waals surface area contributed by atoms with Gasteiger partial charge >= 0.3 is 0 Å². The lowest BCUT2D eigenvalue weighted by molar-refractivity contribution is -0.131. The Balaban J connectivity index is 1.34. The van der Waals surface area contributed by atoms with Gasteiger partial charge in [0, 0.05) is 38.8 Å². The van der Waals surface area contributed by atoms with Crippen LogP contribution in [0.3, 0.4) is 0 Å². The maximum Gasteiger partial charge on any atom is 0.223 e. The molecule has 0 unspecified atom stereocenters. The van der Waals surface area contributed by atoms with E-state index in [-0.39, 0.29) is 0 Å². The van der Waals surface area contributed by atoms with Gasteiger partial charge in [0.25, 0.3) is 0 Å². The van der Waals surface area contributed by atoms with E-state index < -0.39 is 0 Å². The number of amides is 1.